The number of carbonyl (C=O) groups excluding carboxylic acids is 1. The predicted molar refractivity (Wildman–Crippen MR) is 56.1 cm³/mol. The summed E-state index contributed by atoms with van der Waals surface area (Å²) in [5, 5.41) is 0. The van der Waals surface area contributed by atoms with Gasteiger partial charge in [-0.2, -0.15) is 13.2 Å². The summed E-state index contributed by atoms with van der Waals surface area (Å²) in [6.07, 6.45) is -2.80. The number of hydrogen-bond acceptors (Lipinski definition) is 3. The lowest BCUT2D eigenvalue weighted by molar-refractivity contribution is -0.162. The molecule has 2 aliphatic rings. The first-order valence-electron chi connectivity index (χ1n) is 6.03. The standard InChI is InChI=1S/C11H16F3NO3/c12-11(13,14)7-18-10(16)15(9-1-2-9)5-8-3-4-17-6-8/h8-9H,1-7H2. The Morgan fingerprint density at radius 2 is 2.06 bits per heavy atom. The van der Waals surface area contributed by atoms with Gasteiger partial charge in [0.2, 0.25) is 0 Å². The van der Waals surface area contributed by atoms with Crippen LogP contribution in [0.15, 0.2) is 0 Å². The van der Waals surface area contributed by atoms with E-state index >= 15 is 0 Å². The molecule has 1 unspecified atom stereocenters. The molecule has 0 N–H and O–H groups in total. The van der Waals surface area contributed by atoms with Gasteiger partial charge in [0.25, 0.3) is 0 Å². The topological polar surface area (TPSA) is 38.8 Å². The van der Waals surface area contributed by atoms with E-state index in [0.717, 1.165) is 19.3 Å². The minimum absolute atomic E-state index is 0.0475. The normalized spacial score (nSPS) is 24.1. The first-order valence-corrected chi connectivity index (χ1v) is 6.03. The van der Waals surface area contributed by atoms with Crippen molar-refractivity contribution in [3.63, 3.8) is 0 Å². The van der Waals surface area contributed by atoms with E-state index in [1.54, 1.807) is 0 Å². The van der Waals surface area contributed by atoms with Crippen molar-refractivity contribution in [2.45, 2.75) is 31.5 Å². The number of carbonyl (C=O) groups is 1. The van der Waals surface area contributed by atoms with Gasteiger partial charge in [-0.15, -0.1) is 0 Å². The molecular formula is C11H16F3NO3. The molecule has 2 rings (SSSR count). The fourth-order valence-electron chi connectivity index (χ4n) is 1.99. The molecule has 0 aromatic heterocycles. The summed E-state index contributed by atoms with van der Waals surface area (Å²) in [5.74, 6) is 0.212. The number of halogens is 3. The summed E-state index contributed by atoms with van der Waals surface area (Å²) in [5.41, 5.74) is 0. The number of rotatable bonds is 4. The molecule has 1 aliphatic heterocycles. The van der Waals surface area contributed by atoms with E-state index in [4.69, 9.17) is 4.74 Å². The number of nitrogens with zero attached hydrogens (tertiary/aromatic N) is 1. The van der Waals surface area contributed by atoms with Crippen LogP contribution < -0.4 is 0 Å². The minimum Gasteiger partial charge on any atom is -0.440 e. The Hall–Kier alpha value is -0.980. The molecule has 4 nitrogen and oxygen atoms in total. The number of hydrogen-bond donors (Lipinski definition) is 0. The highest BCUT2D eigenvalue weighted by molar-refractivity contribution is 5.68. The zero-order valence-corrected chi connectivity index (χ0v) is 9.91. The second-order valence-corrected chi connectivity index (χ2v) is 4.78. The van der Waals surface area contributed by atoms with Crippen LogP contribution in [0.5, 0.6) is 0 Å². The molecule has 2 fully saturated rings. The molecule has 18 heavy (non-hydrogen) atoms. The van der Waals surface area contributed by atoms with Gasteiger partial charge >= 0.3 is 12.3 Å². The minimum atomic E-state index is -4.47. The zero-order chi connectivity index (χ0) is 13.2. The molecule has 1 aliphatic carbocycles. The third-order valence-corrected chi connectivity index (χ3v) is 3.06. The monoisotopic (exact) mass is 267 g/mol. The van der Waals surface area contributed by atoms with Crippen LogP contribution >= 0.6 is 0 Å². The van der Waals surface area contributed by atoms with Crippen molar-refractivity contribution >= 4 is 6.09 Å². The molecule has 1 saturated carbocycles. The Morgan fingerprint density at radius 3 is 2.56 bits per heavy atom. The van der Waals surface area contributed by atoms with Crippen LogP contribution in [0.2, 0.25) is 0 Å². The molecule has 1 saturated heterocycles. The first kappa shape index (κ1) is 13.5. The summed E-state index contributed by atoms with van der Waals surface area (Å²) < 4.78 is 45.5. The van der Waals surface area contributed by atoms with E-state index in [1.807, 2.05) is 0 Å². The first-order chi connectivity index (χ1) is 8.46. The molecule has 0 bridgehead atoms. The van der Waals surface area contributed by atoms with E-state index in [1.165, 1.54) is 4.90 Å². The van der Waals surface area contributed by atoms with E-state index in [2.05, 4.69) is 4.74 Å². The van der Waals surface area contributed by atoms with Crippen molar-refractivity contribution in [1.82, 2.24) is 4.90 Å². The van der Waals surface area contributed by atoms with Gasteiger partial charge in [0.1, 0.15) is 0 Å². The molecule has 1 heterocycles. The molecule has 0 spiro atoms. The van der Waals surface area contributed by atoms with Gasteiger partial charge in [-0.1, -0.05) is 0 Å². The second kappa shape index (κ2) is 5.34. The van der Waals surface area contributed by atoms with E-state index < -0.39 is 18.9 Å². The summed E-state index contributed by atoms with van der Waals surface area (Å²) in [6.45, 7) is 0.133. The van der Waals surface area contributed by atoms with Crippen LogP contribution in [-0.2, 0) is 9.47 Å². The van der Waals surface area contributed by atoms with Crippen molar-refractivity contribution in [3.05, 3.63) is 0 Å². The Balaban J connectivity index is 1.82. The molecule has 1 atom stereocenters. The maximum Gasteiger partial charge on any atom is 0.422 e. The number of amides is 1. The maximum atomic E-state index is 12.0. The summed E-state index contributed by atoms with van der Waals surface area (Å²) in [7, 11) is 0. The van der Waals surface area contributed by atoms with Crippen molar-refractivity contribution in [2.24, 2.45) is 5.92 Å². The Kier molecular flexibility index (Phi) is 3.99. The Labute approximate surface area is 103 Å². The van der Waals surface area contributed by atoms with Crippen molar-refractivity contribution in [3.8, 4) is 0 Å². The van der Waals surface area contributed by atoms with Gasteiger partial charge < -0.3 is 14.4 Å². The van der Waals surface area contributed by atoms with Gasteiger partial charge in [0.05, 0.1) is 6.61 Å². The zero-order valence-electron chi connectivity index (χ0n) is 9.91. The van der Waals surface area contributed by atoms with Crippen LogP contribution in [0.1, 0.15) is 19.3 Å². The largest absolute Gasteiger partial charge is 0.440 e. The molecule has 1 amide bonds. The number of alkyl halides is 3. The third-order valence-electron chi connectivity index (χ3n) is 3.06. The lowest BCUT2D eigenvalue weighted by Crippen LogP contribution is -2.39. The smallest absolute Gasteiger partial charge is 0.422 e. The molecule has 0 radical (unpaired) electrons. The lowest BCUT2D eigenvalue weighted by Gasteiger charge is -2.24. The average Bonchev–Trinajstić information content (AvgIpc) is 2.99. The van der Waals surface area contributed by atoms with E-state index in [-0.39, 0.29) is 12.0 Å². The molecule has 104 valence electrons. The van der Waals surface area contributed by atoms with Crippen molar-refractivity contribution < 1.29 is 27.4 Å². The number of ether oxygens (including phenoxy) is 2. The van der Waals surface area contributed by atoms with Gasteiger partial charge in [-0.05, 0) is 19.3 Å². The third kappa shape index (κ3) is 4.04. The van der Waals surface area contributed by atoms with E-state index in [9.17, 15) is 18.0 Å². The Morgan fingerprint density at radius 1 is 1.33 bits per heavy atom. The van der Waals surface area contributed by atoms with Gasteiger partial charge in [-0.3, -0.25) is 0 Å². The summed E-state index contributed by atoms with van der Waals surface area (Å²) in [6, 6.07) is 0.0475. The maximum absolute atomic E-state index is 12.0. The summed E-state index contributed by atoms with van der Waals surface area (Å²) >= 11 is 0. The molecule has 0 aromatic rings. The summed E-state index contributed by atoms with van der Waals surface area (Å²) in [4.78, 5) is 13.0. The van der Waals surface area contributed by atoms with Crippen LogP contribution in [0.25, 0.3) is 0 Å². The van der Waals surface area contributed by atoms with E-state index in [0.29, 0.717) is 19.8 Å². The SMILES string of the molecule is O=C(OCC(F)(F)F)N(CC1CCOC1)C1CC1. The second-order valence-electron chi connectivity index (χ2n) is 4.78. The molecular weight excluding hydrogens is 251 g/mol. The van der Waals surface area contributed by atoms with Gasteiger partial charge in [-0.25, -0.2) is 4.79 Å². The quantitative estimate of drug-likeness (QED) is 0.783. The van der Waals surface area contributed by atoms with Gasteiger partial charge in [0, 0.05) is 25.1 Å². The molecule has 7 heteroatoms. The van der Waals surface area contributed by atoms with Crippen molar-refractivity contribution in [2.75, 3.05) is 26.4 Å². The van der Waals surface area contributed by atoms with Crippen LogP contribution in [0, 0.1) is 5.92 Å². The fourth-order valence-corrected chi connectivity index (χ4v) is 1.99. The van der Waals surface area contributed by atoms with Crippen LogP contribution in [-0.4, -0.2) is 49.6 Å². The highest BCUT2D eigenvalue weighted by atomic mass is 19.4. The lowest BCUT2D eigenvalue weighted by atomic mass is 10.1. The average molecular weight is 267 g/mol. The predicted octanol–water partition coefficient (Wildman–Crippen LogP) is 2.19. The van der Waals surface area contributed by atoms with Gasteiger partial charge in [0.15, 0.2) is 6.61 Å². The highest BCUT2D eigenvalue weighted by Gasteiger charge is 2.37. The molecule has 0 aromatic carbocycles. The highest BCUT2D eigenvalue weighted by Crippen LogP contribution is 2.30. The Bertz CT molecular complexity index is 298. The van der Waals surface area contributed by atoms with Crippen molar-refractivity contribution in [1.29, 1.82) is 0 Å². The fraction of sp³-hybridized carbons (Fsp3) is 0.909. The van der Waals surface area contributed by atoms with Crippen LogP contribution in [0.4, 0.5) is 18.0 Å². The van der Waals surface area contributed by atoms with Crippen LogP contribution in [0.3, 0.4) is 0 Å².